The highest BCUT2D eigenvalue weighted by molar-refractivity contribution is 5.80. The zero-order valence-electron chi connectivity index (χ0n) is 15.0. The zero-order valence-corrected chi connectivity index (χ0v) is 15.0. The van der Waals surface area contributed by atoms with Crippen LogP contribution in [0.1, 0.15) is 18.1 Å². The van der Waals surface area contributed by atoms with Crippen LogP contribution in [0.2, 0.25) is 0 Å². The van der Waals surface area contributed by atoms with Crippen molar-refractivity contribution in [3.05, 3.63) is 78.6 Å². The van der Waals surface area contributed by atoms with Crippen molar-refractivity contribution in [1.82, 2.24) is 4.98 Å². The molecule has 0 bridgehead atoms. The maximum Gasteiger partial charge on any atom is 0.573 e. The minimum Gasteiger partial charge on any atom is -0.438 e. The summed E-state index contributed by atoms with van der Waals surface area (Å²) in [6.07, 6.45) is -1.52. The van der Waals surface area contributed by atoms with Crippen LogP contribution in [0.5, 0.6) is 11.5 Å². The van der Waals surface area contributed by atoms with Crippen molar-refractivity contribution >= 4 is 5.90 Å². The van der Waals surface area contributed by atoms with Crippen molar-refractivity contribution in [2.24, 2.45) is 5.16 Å². The van der Waals surface area contributed by atoms with Crippen LogP contribution in [0.25, 0.3) is 11.1 Å². The van der Waals surface area contributed by atoms with Gasteiger partial charge in [0.25, 0.3) is 0 Å². The molecular weight excluding hydrogens is 385 g/mol. The first-order valence-electron chi connectivity index (χ1n) is 8.73. The molecule has 2 aromatic carbocycles. The summed E-state index contributed by atoms with van der Waals surface area (Å²) in [6.45, 7) is 0. The third-order valence-electron chi connectivity index (χ3n) is 4.18. The van der Waals surface area contributed by atoms with Crippen LogP contribution >= 0.6 is 0 Å². The molecule has 0 spiro atoms. The summed E-state index contributed by atoms with van der Waals surface area (Å²) in [5, 5.41) is 3.93. The molecule has 0 fully saturated rings. The third kappa shape index (κ3) is 4.84. The standard InChI is InChI=1S/C21H15F3N2O3/c22-21(23,24)28-17-8-6-15(7-9-17)19-11-20(26-29-19)27-18-10-16(12-25-13-18)14-4-2-1-3-5-14/h1-10,12-13,19H,11H2/t19-/m0/s1. The van der Waals surface area contributed by atoms with E-state index >= 15 is 0 Å². The van der Waals surface area contributed by atoms with Gasteiger partial charge in [0.05, 0.1) is 12.6 Å². The molecule has 0 aliphatic carbocycles. The molecule has 0 amide bonds. The molecule has 0 unspecified atom stereocenters. The molecule has 5 nitrogen and oxygen atoms in total. The molecule has 4 rings (SSSR count). The number of nitrogens with zero attached hydrogens (tertiary/aromatic N) is 2. The highest BCUT2D eigenvalue weighted by Gasteiger charge is 2.31. The van der Waals surface area contributed by atoms with Crippen molar-refractivity contribution in [3.63, 3.8) is 0 Å². The summed E-state index contributed by atoms with van der Waals surface area (Å²) in [4.78, 5) is 9.55. The number of halogens is 3. The predicted octanol–water partition coefficient (Wildman–Crippen LogP) is 5.50. The normalized spacial score (nSPS) is 16.1. The molecule has 1 aliphatic heterocycles. The van der Waals surface area contributed by atoms with Gasteiger partial charge in [-0.3, -0.25) is 4.98 Å². The first kappa shape index (κ1) is 18.8. The van der Waals surface area contributed by atoms with Crippen molar-refractivity contribution in [3.8, 4) is 22.6 Å². The average molecular weight is 400 g/mol. The Labute approximate surface area is 164 Å². The number of hydrogen-bond donors (Lipinski definition) is 0. The molecule has 3 aromatic rings. The van der Waals surface area contributed by atoms with Gasteiger partial charge < -0.3 is 14.3 Å². The minimum atomic E-state index is -4.72. The fourth-order valence-corrected chi connectivity index (χ4v) is 2.88. The highest BCUT2D eigenvalue weighted by atomic mass is 19.4. The SMILES string of the molecule is FC(F)(F)Oc1ccc([C@@H]2CC(Oc3cncc(-c4ccccc4)c3)=NO2)cc1. The maximum atomic E-state index is 12.3. The number of pyridine rings is 1. The summed E-state index contributed by atoms with van der Waals surface area (Å²) in [5.74, 6) is 0.585. The number of alkyl halides is 3. The van der Waals surface area contributed by atoms with Crippen molar-refractivity contribution in [2.75, 3.05) is 0 Å². The Bertz CT molecular complexity index is 1010. The molecule has 148 valence electrons. The van der Waals surface area contributed by atoms with Gasteiger partial charge >= 0.3 is 6.36 Å². The van der Waals surface area contributed by atoms with E-state index in [1.807, 2.05) is 36.4 Å². The lowest BCUT2D eigenvalue weighted by Crippen LogP contribution is -2.17. The molecule has 1 atom stereocenters. The smallest absolute Gasteiger partial charge is 0.438 e. The quantitative estimate of drug-likeness (QED) is 0.580. The monoisotopic (exact) mass is 400 g/mol. The largest absolute Gasteiger partial charge is 0.573 e. The van der Waals surface area contributed by atoms with Crippen LogP contribution in [0.15, 0.2) is 78.2 Å². The first-order valence-corrected chi connectivity index (χ1v) is 8.73. The summed E-state index contributed by atoms with van der Waals surface area (Å²) < 4.78 is 46.4. The summed E-state index contributed by atoms with van der Waals surface area (Å²) in [6, 6.07) is 17.1. The second-order valence-corrected chi connectivity index (χ2v) is 6.28. The molecule has 1 aliphatic rings. The van der Waals surface area contributed by atoms with Crippen LogP contribution in [0.3, 0.4) is 0 Å². The number of rotatable bonds is 4. The zero-order chi connectivity index (χ0) is 20.3. The molecule has 0 saturated heterocycles. The van der Waals surface area contributed by atoms with Crippen LogP contribution in [-0.4, -0.2) is 17.2 Å². The molecule has 29 heavy (non-hydrogen) atoms. The van der Waals surface area contributed by atoms with Gasteiger partial charge in [-0.05, 0) is 29.3 Å². The molecular formula is C21H15F3N2O3. The van der Waals surface area contributed by atoms with Gasteiger partial charge in [0.1, 0.15) is 11.5 Å². The van der Waals surface area contributed by atoms with E-state index in [2.05, 4.69) is 14.9 Å². The molecule has 0 radical (unpaired) electrons. The van der Waals surface area contributed by atoms with Gasteiger partial charge in [0, 0.05) is 11.8 Å². The third-order valence-corrected chi connectivity index (χ3v) is 4.18. The summed E-state index contributed by atoms with van der Waals surface area (Å²) >= 11 is 0. The van der Waals surface area contributed by atoms with E-state index in [-0.39, 0.29) is 5.75 Å². The van der Waals surface area contributed by atoms with Crippen LogP contribution in [0.4, 0.5) is 13.2 Å². The molecule has 2 heterocycles. The second kappa shape index (κ2) is 7.83. The summed E-state index contributed by atoms with van der Waals surface area (Å²) in [5.41, 5.74) is 2.58. The van der Waals surface area contributed by atoms with E-state index in [1.165, 1.54) is 24.3 Å². The number of aromatic nitrogens is 1. The summed E-state index contributed by atoms with van der Waals surface area (Å²) in [7, 11) is 0. The van der Waals surface area contributed by atoms with Crippen molar-refractivity contribution in [1.29, 1.82) is 0 Å². The van der Waals surface area contributed by atoms with Crippen LogP contribution in [-0.2, 0) is 4.84 Å². The lowest BCUT2D eigenvalue weighted by Gasteiger charge is -2.11. The van der Waals surface area contributed by atoms with Gasteiger partial charge in [-0.1, -0.05) is 47.6 Å². The van der Waals surface area contributed by atoms with Gasteiger partial charge in [0.15, 0.2) is 6.10 Å². The van der Waals surface area contributed by atoms with E-state index in [1.54, 1.807) is 12.4 Å². The van der Waals surface area contributed by atoms with Gasteiger partial charge in [-0.15, -0.1) is 13.2 Å². The second-order valence-electron chi connectivity index (χ2n) is 6.28. The Kier molecular flexibility index (Phi) is 5.07. The van der Waals surface area contributed by atoms with Crippen molar-refractivity contribution in [2.45, 2.75) is 18.9 Å². The van der Waals surface area contributed by atoms with E-state index in [0.717, 1.165) is 11.1 Å². The number of ether oxygens (including phenoxy) is 2. The average Bonchev–Trinajstić information content (AvgIpc) is 3.17. The molecule has 8 heteroatoms. The molecule has 0 N–H and O–H groups in total. The van der Waals surface area contributed by atoms with Gasteiger partial charge in [-0.2, -0.15) is 0 Å². The lowest BCUT2D eigenvalue weighted by molar-refractivity contribution is -0.274. The fraction of sp³-hybridized carbons (Fsp3) is 0.143. The maximum absolute atomic E-state index is 12.3. The van der Waals surface area contributed by atoms with Crippen molar-refractivity contribution < 1.29 is 27.5 Å². The Morgan fingerprint density at radius 1 is 0.897 bits per heavy atom. The van der Waals surface area contributed by atoms with E-state index in [0.29, 0.717) is 23.6 Å². The highest BCUT2D eigenvalue weighted by Crippen LogP contribution is 2.31. The van der Waals surface area contributed by atoms with E-state index in [4.69, 9.17) is 9.57 Å². The van der Waals surface area contributed by atoms with Crippen LogP contribution in [0, 0.1) is 0 Å². The lowest BCUT2D eigenvalue weighted by atomic mass is 10.1. The Morgan fingerprint density at radius 3 is 2.38 bits per heavy atom. The molecule has 0 saturated carbocycles. The predicted molar refractivity (Wildman–Crippen MR) is 99.3 cm³/mol. The van der Waals surface area contributed by atoms with Crippen LogP contribution < -0.4 is 9.47 Å². The Morgan fingerprint density at radius 2 is 1.66 bits per heavy atom. The Hall–Kier alpha value is -3.55. The number of hydrogen-bond acceptors (Lipinski definition) is 5. The van der Waals surface area contributed by atoms with E-state index < -0.39 is 12.5 Å². The molecule has 1 aromatic heterocycles. The fourth-order valence-electron chi connectivity index (χ4n) is 2.88. The van der Waals surface area contributed by atoms with Gasteiger partial charge in [-0.25, -0.2) is 0 Å². The van der Waals surface area contributed by atoms with Gasteiger partial charge in [0.2, 0.25) is 5.90 Å². The number of benzene rings is 2. The Balaban J connectivity index is 1.39. The first-order chi connectivity index (χ1) is 14.0. The topological polar surface area (TPSA) is 52.9 Å². The van der Waals surface area contributed by atoms with E-state index in [9.17, 15) is 13.2 Å². The number of oxime groups is 1. The minimum absolute atomic E-state index is 0.291.